The molecule has 0 aliphatic carbocycles. The van der Waals surface area contributed by atoms with E-state index in [2.05, 4.69) is 31.3 Å². The van der Waals surface area contributed by atoms with Crippen LogP contribution in [0.3, 0.4) is 0 Å². The fourth-order valence-corrected chi connectivity index (χ4v) is 3.48. The zero-order valence-corrected chi connectivity index (χ0v) is 20.1. The summed E-state index contributed by atoms with van der Waals surface area (Å²) in [5.41, 5.74) is 0.920. The van der Waals surface area contributed by atoms with E-state index in [1.165, 1.54) is 5.56 Å². The minimum absolute atomic E-state index is 0.180. The van der Waals surface area contributed by atoms with E-state index in [1.807, 2.05) is 30.4 Å². The van der Waals surface area contributed by atoms with Crippen molar-refractivity contribution >= 4 is 11.9 Å². The number of unbranched alkanes of at least 4 members (excludes halogenated alkanes) is 1. The molecule has 0 saturated carbocycles. The Balaban J connectivity index is 2.46. The van der Waals surface area contributed by atoms with E-state index in [4.69, 9.17) is 9.47 Å². The lowest BCUT2D eigenvalue weighted by molar-refractivity contribution is -0.145. The Morgan fingerprint density at radius 1 is 1.09 bits per heavy atom. The smallest absolute Gasteiger partial charge is 0.323 e. The van der Waals surface area contributed by atoms with E-state index in [1.54, 1.807) is 13.8 Å². The van der Waals surface area contributed by atoms with Gasteiger partial charge in [-0.1, -0.05) is 56.3 Å². The summed E-state index contributed by atoms with van der Waals surface area (Å²) < 4.78 is 10.1. The summed E-state index contributed by atoms with van der Waals surface area (Å²) in [6.07, 6.45) is 7.10. The van der Waals surface area contributed by atoms with Crippen LogP contribution in [0, 0.1) is 5.41 Å². The van der Waals surface area contributed by atoms with Crippen LogP contribution in [0.5, 0.6) is 0 Å². The lowest BCUT2D eigenvalue weighted by atomic mass is 9.79. The van der Waals surface area contributed by atoms with Gasteiger partial charge in [-0.15, -0.1) is 0 Å². The van der Waals surface area contributed by atoms with Crippen molar-refractivity contribution in [2.24, 2.45) is 5.41 Å². The SMILES string of the molecule is CCOC(=O)CCC/C=C\CC(NCCC(O)C(C)(C)Cc1ccccc1)C(=O)OCC. The topological polar surface area (TPSA) is 84.9 Å². The molecule has 6 nitrogen and oxygen atoms in total. The number of hydrogen-bond acceptors (Lipinski definition) is 6. The molecular formula is C26H41NO5. The zero-order chi connectivity index (χ0) is 23.8. The average molecular weight is 448 g/mol. The van der Waals surface area contributed by atoms with E-state index in [9.17, 15) is 14.7 Å². The summed E-state index contributed by atoms with van der Waals surface area (Å²) in [5.74, 6) is -0.470. The molecule has 180 valence electrons. The average Bonchev–Trinajstić information content (AvgIpc) is 2.75. The molecule has 0 bridgehead atoms. The molecule has 0 aromatic heterocycles. The van der Waals surface area contributed by atoms with Gasteiger partial charge in [0.15, 0.2) is 0 Å². The number of carbonyl (C=O) groups excluding carboxylic acids is 2. The van der Waals surface area contributed by atoms with Gasteiger partial charge in [0.05, 0.1) is 19.3 Å². The van der Waals surface area contributed by atoms with Crippen molar-refractivity contribution in [2.75, 3.05) is 19.8 Å². The summed E-state index contributed by atoms with van der Waals surface area (Å²) in [5, 5.41) is 14.0. The Kier molecular flexibility index (Phi) is 13.6. The summed E-state index contributed by atoms with van der Waals surface area (Å²) in [4.78, 5) is 23.6. The fraction of sp³-hybridized carbons (Fsp3) is 0.615. The molecule has 0 fully saturated rings. The van der Waals surface area contributed by atoms with Crippen LogP contribution in [-0.4, -0.2) is 48.9 Å². The van der Waals surface area contributed by atoms with Crippen molar-refractivity contribution in [3.63, 3.8) is 0 Å². The minimum atomic E-state index is -0.503. The van der Waals surface area contributed by atoms with Gasteiger partial charge in [0.25, 0.3) is 0 Å². The monoisotopic (exact) mass is 447 g/mol. The molecule has 0 amide bonds. The van der Waals surface area contributed by atoms with Crippen molar-refractivity contribution in [3.05, 3.63) is 48.0 Å². The first-order valence-electron chi connectivity index (χ1n) is 11.7. The number of benzene rings is 1. The molecule has 0 aliphatic heterocycles. The van der Waals surface area contributed by atoms with Gasteiger partial charge in [-0.05, 0) is 63.5 Å². The maximum atomic E-state index is 12.3. The number of ether oxygens (including phenoxy) is 2. The number of hydrogen-bond donors (Lipinski definition) is 2. The zero-order valence-electron chi connectivity index (χ0n) is 20.1. The summed E-state index contributed by atoms with van der Waals surface area (Å²) >= 11 is 0. The Morgan fingerprint density at radius 3 is 2.44 bits per heavy atom. The van der Waals surface area contributed by atoms with E-state index < -0.39 is 12.1 Å². The van der Waals surface area contributed by atoms with Gasteiger partial charge in [-0.2, -0.15) is 0 Å². The minimum Gasteiger partial charge on any atom is -0.466 e. The normalized spacial score (nSPS) is 13.7. The molecule has 0 radical (unpaired) electrons. The van der Waals surface area contributed by atoms with Gasteiger partial charge in [-0.25, -0.2) is 0 Å². The van der Waals surface area contributed by atoms with Crippen molar-refractivity contribution in [1.29, 1.82) is 0 Å². The number of nitrogens with one attached hydrogen (secondary N) is 1. The highest BCUT2D eigenvalue weighted by molar-refractivity contribution is 5.76. The van der Waals surface area contributed by atoms with Crippen molar-refractivity contribution in [3.8, 4) is 0 Å². The van der Waals surface area contributed by atoms with Crippen LogP contribution in [0.2, 0.25) is 0 Å². The first kappa shape index (κ1) is 27.9. The number of carbonyl (C=O) groups is 2. The molecule has 0 spiro atoms. The number of rotatable bonds is 16. The predicted octanol–water partition coefficient (Wildman–Crippen LogP) is 4.21. The van der Waals surface area contributed by atoms with Crippen LogP contribution in [-0.2, 0) is 25.5 Å². The van der Waals surface area contributed by atoms with Crippen molar-refractivity contribution in [2.45, 2.75) is 78.4 Å². The first-order valence-corrected chi connectivity index (χ1v) is 11.7. The Morgan fingerprint density at radius 2 is 1.78 bits per heavy atom. The molecule has 0 heterocycles. The predicted molar refractivity (Wildman–Crippen MR) is 127 cm³/mol. The Hall–Kier alpha value is -2.18. The highest BCUT2D eigenvalue weighted by atomic mass is 16.5. The van der Waals surface area contributed by atoms with E-state index in [0.29, 0.717) is 39.0 Å². The molecular weight excluding hydrogens is 406 g/mol. The summed E-state index contributed by atoms with van der Waals surface area (Å²) in [6.45, 7) is 8.95. The molecule has 1 rings (SSSR count). The van der Waals surface area contributed by atoms with Crippen molar-refractivity contribution < 1.29 is 24.2 Å². The molecule has 2 unspecified atom stereocenters. The second kappa shape index (κ2) is 15.6. The quantitative estimate of drug-likeness (QED) is 0.224. The summed E-state index contributed by atoms with van der Waals surface area (Å²) in [6, 6.07) is 9.69. The highest BCUT2D eigenvalue weighted by Crippen LogP contribution is 2.27. The van der Waals surface area contributed by atoms with Gasteiger partial charge in [0, 0.05) is 6.42 Å². The van der Waals surface area contributed by atoms with Crippen LogP contribution in [0.1, 0.15) is 65.4 Å². The van der Waals surface area contributed by atoms with E-state index in [-0.39, 0.29) is 17.4 Å². The van der Waals surface area contributed by atoms with E-state index in [0.717, 1.165) is 19.3 Å². The molecule has 2 atom stereocenters. The van der Waals surface area contributed by atoms with Gasteiger partial charge in [0.2, 0.25) is 0 Å². The Labute approximate surface area is 193 Å². The standard InChI is InChI=1S/C26H41NO5/c1-5-31-24(29)17-13-8-7-12-16-22(25(30)32-6-2)27-19-18-23(28)26(3,4)20-21-14-10-9-11-15-21/h7,9-12,14-15,22-23,27-28H,5-6,8,13,16-20H2,1-4H3/b12-7-. The first-order chi connectivity index (χ1) is 15.3. The number of esters is 2. The molecule has 1 aromatic carbocycles. The highest BCUT2D eigenvalue weighted by Gasteiger charge is 2.28. The Bertz CT molecular complexity index is 687. The van der Waals surface area contributed by atoms with Crippen LogP contribution in [0.4, 0.5) is 0 Å². The lowest BCUT2D eigenvalue weighted by Gasteiger charge is -2.31. The molecule has 0 aliphatic rings. The van der Waals surface area contributed by atoms with E-state index >= 15 is 0 Å². The third-order valence-electron chi connectivity index (χ3n) is 5.38. The molecule has 6 heteroatoms. The van der Waals surface area contributed by atoms with Crippen LogP contribution in [0.15, 0.2) is 42.5 Å². The third kappa shape index (κ3) is 11.4. The second-order valence-corrected chi connectivity index (χ2v) is 8.62. The van der Waals surface area contributed by atoms with Crippen LogP contribution < -0.4 is 5.32 Å². The maximum Gasteiger partial charge on any atom is 0.323 e. The largest absolute Gasteiger partial charge is 0.466 e. The van der Waals surface area contributed by atoms with Gasteiger partial charge < -0.3 is 19.9 Å². The fourth-order valence-electron chi connectivity index (χ4n) is 3.48. The second-order valence-electron chi connectivity index (χ2n) is 8.62. The van der Waals surface area contributed by atoms with Gasteiger partial charge >= 0.3 is 11.9 Å². The molecule has 1 aromatic rings. The van der Waals surface area contributed by atoms with Gasteiger partial charge in [-0.3, -0.25) is 9.59 Å². The third-order valence-corrected chi connectivity index (χ3v) is 5.38. The number of aliphatic hydroxyl groups excluding tert-OH is 1. The number of allylic oxidation sites excluding steroid dienone is 1. The van der Waals surface area contributed by atoms with Crippen LogP contribution >= 0.6 is 0 Å². The summed E-state index contributed by atoms with van der Waals surface area (Å²) in [7, 11) is 0. The maximum absolute atomic E-state index is 12.3. The molecule has 2 N–H and O–H groups in total. The van der Waals surface area contributed by atoms with Crippen molar-refractivity contribution in [1.82, 2.24) is 5.32 Å². The number of aliphatic hydroxyl groups is 1. The van der Waals surface area contributed by atoms with Gasteiger partial charge in [0.1, 0.15) is 6.04 Å². The lowest BCUT2D eigenvalue weighted by Crippen LogP contribution is -2.41. The molecule has 32 heavy (non-hydrogen) atoms. The molecule has 0 saturated heterocycles. The van der Waals surface area contributed by atoms with Crippen LogP contribution in [0.25, 0.3) is 0 Å².